The first kappa shape index (κ1) is 23.6. The summed E-state index contributed by atoms with van der Waals surface area (Å²) in [5.41, 5.74) is 1.40. The molecule has 174 valence electrons. The summed E-state index contributed by atoms with van der Waals surface area (Å²) < 4.78 is 28.8. The average Bonchev–Trinajstić information content (AvgIpc) is 3.40. The van der Waals surface area contributed by atoms with Crippen LogP contribution in [0.3, 0.4) is 0 Å². The molecule has 2 saturated carbocycles. The Bertz CT molecular complexity index is 1090. The highest BCUT2D eigenvalue weighted by Crippen LogP contribution is 2.36. The second-order valence-corrected chi connectivity index (χ2v) is 11.8. The summed E-state index contributed by atoms with van der Waals surface area (Å²) in [6.07, 6.45) is 5.97. The first-order valence-electron chi connectivity index (χ1n) is 11.0. The fourth-order valence-corrected chi connectivity index (χ4v) is 7.24. The summed E-state index contributed by atoms with van der Waals surface area (Å²) >= 11 is 7.60. The predicted molar refractivity (Wildman–Crippen MR) is 126 cm³/mol. The fraction of sp³-hybridized carbons (Fsp3) is 0.545. The van der Waals surface area contributed by atoms with Crippen LogP contribution in [0.1, 0.15) is 57.1 Å². The third-order valence-electron chi connectivity index (χ3n) is 6.25. The van der Waals surface area contributed by atoms with E-state index in [1.54, 1.807) is 18.2 Å². The Morgan fingerprint density at radius 3 is 2.53 bits per heavy atom. The highest BCUT2D eigenvalue weighted by molar-refractivity contribution is 7.89. The number of nitrogens with one attached hydrogen (secondary N) is 2. The first-order chi connectivity index (χ1) is 15.2. The number of halogens is 1. The lowest BCUT2D eigenvalue weighted by Crippen LogP contribution is -2.38. The number of hydrogen-bond donors (Lipinski definition) is 3. The van der Waals surface area contributed by atoms with Crippen LogP contribution in [-0.2, 0) is 14.8 Å². The van der Waals surface area contributed by atoms with Crippen molar-refractivity contribution in [1.82, 2.24) is 9.71 Å². The van der Waals surface area contributed by atoms with E-state index in [1.165, 1.54) is 11.3 Å². The van der Waals surface area contributed by atoms with Crippen LogP contribution in [0.5, 0.6) is 0 Å². The van der Waals surface area contributed by atoms with Crippen molar-refractivity contribution in [2.24, 2.45) is 5.92 Å². The molecule has 7 nitrogen and oxygen atoms in total. The Hall–Kier alpha value is -1.52. The molecule has 1 aromatic heterocycles. The molecule has 0 aliphatic heterocycles. The molecule has 0 bridgehead atoms. The number of sulfonamides is 1. The van der Waals surface area contributed by atoms with Gasteiger partial charge >= 0.3 is 0 Å². The van der Waals surface area contributed by atoms with Gasteiger partial charge in [0.25, 0.3) is 0 Å². The standard InChI is InChI=1S/C22H28ClN3O4S2/c1-13-20(31-22(24-13)25-21(28)14-4-2-3-5-14)15-6-11-18(23)19(12-15)32(29,30)26-16-7-9-17(27)10-8-16/h6,11-12,14,16-17,26-27H,2-5,7-10H2,1H3,(H,24,25,28)/t16-,17+. The minimum atomic E-state index is -3.82. The number of nitrogens with zero attached hydrogens (tertiary/aromatic N) is 1. The molecule has 32 heavy (non-hydrogen) atoms. The molecule has 0 radical (unpaired) electrons. The highest BCUT2D eigenvalue weighted by atomic mass is 35.5. The van der Waals surface area contributed by atoms with Crippen LogP contribution >= 0.6 is 22.9 Å². The van der Waals surface area contributed by atoms with E-state index in [1.807, 2.05) is 6.92 Å². The minimum absolute atomic E-state index is 0.00368. The summed E-state index contributed by atoms with van der Waals surface area (Å²) in [6, 6.07) is 4.68. The Labute approximate surface area is 197 Å². The minimum Gasteiger partial charge on any atom is -0.393 e. The highest BCUT2D eigenvalue weighted by Gasteiger charge is 2.27. The van der Waals surface area contributed by atoms with Crippen molar-refractivity contribution < 1.29 is 18.3 Å². The molecule has 1 heterocycles. The van der Waals surface area contributed by atoms with E-state index in [9.17, 15) is 18.3 Å². The monoisotopic (exact) mass is 497 g/mol. The number of aromatic nitrogens is 1. The van der Waals surface area contributed by atoms with Gasteiger partial charge in [-0.3, -0.25) is 4.79 Å². The second-order valence-electron chi connectivity index (χ2n) is 8.68. The first-order valence-corrected chi connectivity index (χ1v) is 13.7. The zero-order chi connectivity index (χ0) is 22.9. The van der Waals surface area contributed by atoms with Crippen molar-refractivity contribution >= 4 is 44.0 Å². The molecule has 2 aromatic rings. The smallest absolute Gasteiger partial charge is 0.242 e. The lowest BCUT2D eigenvalue weighted by molar-refractivity contribution is -0.119. The van der Waals surface area contributed by atoms with Gasteiger partial charge in [0.1, 0.15) is 4.90 Å². The number of anilines is 1. The van der Waals surface area contributed by atoms with Crippen molar-refractivity contribution in [3.05, 3.63) is 28.9 Å². The molecule has 3 N–H and O–H groups in total. The molecule has 2 fully saturated rings. The van der Waals surface area contributed by atoms with Gasteiger partial charge in [-0.2, -0.15) is 0 Å². The number of amides is 1. The third kappa shape index (κ3) is 5.34. The SMILES string of the molecule is Cc1nc(NC(=O)C2CCCC2)sc1-c1ccc(Cl)c(S(=O)(=O)N[C@H]2CC[C@@H](O)CC2)c1. The number of benzene rings is 1. The summed E-state index contributed by atoms with van der Waals surface area (Å²) in [5.74, 6) is 0.0471. The summed E-state index contributed by atoms with van der Waals surface area (Å²) in [5, 5.41) is 13.3. The Morgan fingerprint density at radius 2 is 1.84 bits per heavy atom. The molecule has 0 unspecified atom stereocenters. The molecule has 0 saturated heterocycles. The second kappa shape index (κ2) is 9.77. The van der Waals surface area contributed by atoms with Gasteiger partial charge in [-0.25, -0.2) is 18.1 Å². The van der Waals surface area contributed by atoms with E-state index in [0.29, 0.717) is 36.4 Å². The molecular formula is C22H28ClN3O4S2. The molecule has 10 heteroatoms. The summed E-state index contributed by atoms with van der Waals surface area (Å²) in [6.45, 7) is 1.84. The van der Waals surface area contributed by atoms with Gasteiger partial charge in [-0.05, 0) is 63.1 Å². The van der Waals surface area contributed by atoms with Crippen molar-refractivity contribution in [1.29, 1.82) is 0 Å². The molecule has 2 aliphatic rings. The van der Waals surface area contributed by atoms with Gasteiger partial charge in [0.05, 0.1) is 21.7 Å². The molecule has 1 amide bonds. The molecule has 2 aliphatic carbocycles. The van der Waals surface area contributed by atoms with Gasteiger partial charge in [0, 0.05) is 12.0 Å². The van der Waals surface area contributed by atoms with Crippen LogP contribution in [0.25, 0.3) is 10.4 Å². The van der Waals surface area contributed by atoms with E-state index in [4.69, 9.17) is 11.6 Å². The zero-order valence-corrected chi connectivity index (χ0v) is 20.3. The lowest BCUT2D eigenvalue weighted by Gasteiger charge is -2.26. The van der Waals surface area contributed by atoms with E-state index in [-0.39, 0.29) is 33.9 Å². The number of thiazole rings is 1. The molecule has 0 spiro atoms. The molecule has 1 aromatic carbocycles. The van der Waals surface area contributed by atoms with Crippen molar-refractivity contribution in [3.63, 3.8) is 0 Å². The van der Waals surface area contributed by atoms with Crippen molar-refractivity contribution in [2.45, 2.75) is 75.3 Å². The Balaban J connectivity index is 1.54. The van der Waals surface area contributed by atoms with Gasteiger partial charge in [-0.15, -0.1) is 0 Å². The van der Waals surface area contributed by atoms with Crippen LogP contribution in [0.2, 0.25) is 5.02 Å². The fourth-order valence-electron chi connectivity index (χ4n) is 4.44. The van der Waals surface area contributed by atoms with Crippen molar-refractivity contribution in [2.75, 3.05) is 5.32 Å². The van der Waals surface area contributed by atoms with Crippen LogP contribution in [0.15, 0.2) is 23.1 Å². The van der Waals surface area contributed by atoms with E-state index < -0.39 is 10.0 Å². The maximum absolute atomic E-state index is 13.0. The van der Waals surface area contributed by atoms with Gasteiger partial charge in [0.2, 0.25) is 15.9 Å². The van der Waals surface area contributed by atoms with E-state index in [2.05, 4.69) is 15.0 Å². The van der Waals surface area contributed by atoms with Gasteiger partial charge in [-0.1, -0.05) is 41.8 Å². The number of aliphatic hydroxyl groups excluding tert-OH is 1. The normalized spacial score (nSPS) is 22.2. The maximum Gasteiger partial charge on any atom is 0.242 e. The summed E-state index contributed by atoms with van der Waals surface area (Å²) in [4.78, 5) is 17.7. The zero-order valence-electron chi connectivity index (χ0n) is 17.9. The largest absolute Gasteiger partial charge is 0.393 e. The number of aryl methyl sites for hydroxylation is 1. The van der Waals surface area contributed by atoms with E-state index >= 15 is 0 Å². The van der Waals surface area contributed by atoms with Gasteiger partial charge in [0.15, 0.2) is 5.13 Å². The average molecular weight is 498 g/mol. The molecule has 4 rings (SSSR count). The van der Waals surface area contributed by atoms with Crippen LogP contribution < -0.4 is 10.0 Å². The quantitative estimate of drug-likeness (QED) is 0.545. The van der Waals surface area contributed by atoms with Crippen LogP contribution in [0.4, 0.5) is 5.13 Å². The van der Waals surface area contributed by atoms with Crippen LogP contribution in [-0.4, -0.2) is 36.6 Å². The molecular weight excluding hydrogens is 470 g/mol. The number of rotatable bonds is 6. The number of aliphatic hydroxyl groups is 1. The predicted octanol–water partition coefficient (Wildman–Crippen LogP) is 4.48. The lowest BCUT2D eigenvalue weighted by atomic mass is 9.94. The molecule has 0 atom stereocenters. The van der Waals surface area contributed by atoms with Crippen LogP contribution in [0, 0.1) is 12.8 Å². The maximum atomic E-state index is 13.0. The third-order valence-corrected chi connectivity index (χ3v) is 9.38. The summed E-state index contributed by atoms with van der Waals surface area (Å²) in [7, 11) is -3.82. The Morgan fingerprint density at radius 1 is 1.16 bits per heavy atom. The van der Waals surface area contributed by atoms with E-state index in [0.717, 1.165) is 36.3 Å². The van der Waals surface area contributed by atoms with Crippen molar-refractivity contribution in [3.8, 4) is 10.4 Å². The van der Waals surface area contributed by atoms with Gasteiger partial charge < -0.3 is 10.4 Å². The topological polar surface area (TPSA) is 108 Å². The number of hydrogen-bond acceptors (Lipinski definition) is 6. The number of carbonyl (C=O) groups excluding carboxylic acids is 1. The Kier molecular flexibility index (Phi) is 7.21. The number of carbonyl (C=O) groups is 1.